The predicted molar refractivity (Wildman–Crippen MR) is 341 cm³/mol. The van der Waals surface area contributed by atoms with E-state index >= 15 is 0 Å². The van der Waals surface area contributed by atoms with Crippen LogP contribution in [0.25, 0.3) is 66.1 Å². The van der Waals surface area contributed by atoms with Crippen molar-refractivity contribution in [2.24, 2.45) is 0 Å². The maximum absolute atomic E-state index is 4.93. The number of unbranched alkanes of at least 4 members (excludes halogenated alkanes) is 6. The Morgan fingerprint density at radius 1 is 0.368 bits per heavy atom. The topological polar surface area (TPSA) is 0 Å². The molecule has 2 radical (unpaired) electrons. The molecule has 402 valence electrons. The van der Waals surface area contributed by atoms with Crippen molar-refractivity contribution in [1.82, 2.24) is 0 Å². The van der Waals surface area contributed by atoms with E-state index in [1.807, 2.05) is 0 Å². The molecule has 0 nitrogen and oxygen atoms in total. The van der Waals surface area contributed by atoms with Crippen molar-refractivity contribution in [2.45, 2.75) is 196 Å². The molecule has 0 aliphatic rings. The second-order valence-electron chi connectivity index (χ2n) is 25.2. The summed E-state index contributed by atoms with van der Waals surface area (Å²) in [5, 5.41) is 5.54. The van der Waals surface area contributed by atoms with Gasteiger partial charge in [-0.25, -0.2) is 0 Å². The number of hydrogen-bond acceptors (Lipinski definition) is 0. The molecule has 0 aromatic heterocycles. The molecule has 0 atom stereocenters. The van der Waals surface area contributed by atoms with Gasteiger partial charge in [0.2, 0.25) is 0 Å². The molecule has 0 saturated heterocycles. The molecule has 0 spiro atoms. The second-order valence-corrected chi connectivity index (χ2v) is 29.9. The van der Waals surface area contributed by atoms with Gasteiger partial charge < -0.3 is 0 Å². The van der Waals surface area contributed by atoms with Crippen LogP contribution in [-0.4, -0.2) is 9.52 Å². The molecule has 0 saturated carbocycles. The molecule has 0 amide bonds. The molecule has 8 aromatic carbocycles. The zero-order chi connectivity index (χ0) is 55.8. The summed E-state index contributed by atoms with van der Waals surface area (Å²) in [6, 6.07) is 56.0. The fraction of sp³-hybridized carbons (Fsp3) is 0.417. The minimum atomic E-state index is -0.826. The zero-order valence-corrected chi connectivity index (χ0v) is 54.7. The Bertz CT molecular complexity index is 2580. The summed E-state index contributed by atoms with van der Waals surface area (Å²) in [7, 11) is 11.0. The van der Waals surface area contributed by atoms with Crippen LogP contribution in [0.15, 0.2) is 146 Å². The normalized spacial score (nSPS) is 11.8. The van der Waals surface area contributed by atoms with E-state index in [2.05, 4.69) is 256 Å². The maximum atomic E-state index is 4.93. The summed E-state index contributed by atoms with van der Waals surface area (Å²) < 4.78 is 0. The van der Waals surface area contributed by atoms with E-state index in [-0.39, 0.29) is 21.7 Å². The van der Waals surface area contributed by atoms with Crippen LogP contribution in [-0.2, 0) is 55.3 Å². The van der Waals surface area contributed by atoms with Crippen molar-refractivity contribution in [2.75, 3.05) is 0 Å². The first-order chi connectivity index (χ1) is 36.0. The van der Waals surface area contributed by atoms with E-state index in [0.29, 0.717) is 0 Å². The Morgan fingerprint density at radius 2 is 0.605 bits per heavy atom. The Labute approximate surface area is 484 Å². The SMILES string of the molecule is CCCCCCc1cc2c(-c3ccc(C(C)(C)C)cc3)ccc(-c3ccc(C(C)(C)C)cc3)c2[cH-]1.CCCCCCc1cc2c(-c3ccc(C(C)(C)C)cc3)ccc(-c3ccc(C(C)(C)C)cc3)c2[cH-]1.C[Si]C.[Cl][Zr+2][Cl]. The predicted octanol–water partition coefficient (Wildman–Crippen LogP) is 23.4. The quantitative estimate of drug-likeness (QED) is 0.0578. The van der Waals surface area contributed by atoms with Crippen LogP contribution < -0.4 is 0 Å². The number of hydrogen-bond donors (Lipinski definition) is 0. The van der Waals surface area contributed by atoms with Gasteiger partial charge in [-0.3, -0.25) is 0 Å². The van der Waals surface area contributed by atoms with Crippen molar-refractivity contribution in [1.29, 1.82) is 0 Å². The Balaban J connectivity index is 0.000000254. The summed E-state index contributed by atoms with van der Waals surface area (Å²) >= 11 is -0.826. The molecule has 0 aliphatic heterocycles. The average molecular weight is 1150 g/mol. The summed E-state index contributed by atoms with van der Waals surface area (Å²) in [6.07, 6.45) is 12.7. The van der Waals surface area contributed by atoms with Crippen LogP contribution in [0, 0.1) is 0 Å². The first-order valence-electron chi connectivity index (χ1n) is 28.4. The number of benzene rings is 6. The monoisotopic (exact) mass is 1140 g/mol. The van der Waals surface area contributed by atoms with Gasteiger partial charge in [0, 0.05) is 9.52 Å². The molecule has 0 N–H and O–H groups in total. The van der Waals surface area contributed by atoms with Crippen molar-refractivity contribution >= 4 is 48.1 Å². The van der Waals surface area contributed by atoms with Crippen molar-refractivity contribution in [3.8, 4) is 44.5 Å². The van der Waals surface area contributed by atoms with E-state index < -0.39 is 20.8 Å². The van der Waals surface area contributed by atoms with E-state index in [1.54, 1.807) is 0 Å². The van der Waals surface area contributed by atoms with Gasteiger partial charge in [-0.15, -0.1) is 44.8 Å². The van der Waals surface area contributed by atoms with E-state index in [9.17, 15) is 0 Å². The average Bonchev–Trinajstić information content (AvgIpc) is 4.01. The third kappa shape index (κ3) is 17.6. The first kappa shape index (κ1) is 63.1. The standard InChI is InChI=1S/2C35H43.C2H6Si.2ClH.Zr/c2*1-8-9-10-11-12-25-23-32-30(26-13-17-28(18-14-26)34(2,3)4)21-22-31(33(32)24-25)27-15-19-29(20-16-27)35(5,6)7;1-3-2;;;/h2*13-24H,8-12H2,1-7H3;1-2H3;2*1H;/q2*-1;;;;+4/p-2. The summed E-state index contributed by atoms with van der Waals surface area (Å²) in [5.41, 5.74) is 19.8. The molecule has 76 heavy (non-hydrogen) atoms. The molecule has 0 heterocycles. The molecule has 8 aromatic rings. The zero-order valence-electron chi connectivity index (χ0n) is 49.7. The van der Waals surface area contributed by atoms with Crippen LogP contribution in [0.4, 0.5) is 0 Å². The van der Waals surface area contributed by atoms with Gasteiger partial charge in [0.1, 0.15) is 0 Å². The first-order valence-corrected chi connectivity index (χ1v) is 36.7. The molecule has 0 bridgehead atoms. The van der Waals surface area contributed by atoms with E-state index in [0.717, 1.165) is 9.52 Å². The number of halogens is 2. The second kappa shape index (κ2) is 28.9. The molecular weight excluding hydrogens is 1060 g/mol. The van der Waals surface area contributed by atoms with Crippen LogP contribution in [0.2, 0.25) is 13.1 Å². The van der Waals surface area contributed by atoms with Gasteiger partial charge in [0.15, 0.2) is 0 Å². The molecule has 0 unspecified atom stereocenters. The van der Waals surface area contributed by atoms with Gasteiger partial charge >= 0.3 is 37.9 Å². The van der Waals surface area contributed by atoms with E-state index in [1.165, 1.54) is 164 Å². The number of fused-ring (bicyclic) bond motifs is 2. The third-order valence-corrected chi connectivity index (χ3v) is 14.8. The van der Waals surface area contributed by atoms with Gasteiger partial charge in [0.05, 0.1) is 0 Å². The van der Waals surface area contributed by atoms with Gasteiger partial charge in [-0.05, 0) is 67.9 Å². The molecule has 8 rings (SSSR count). The molecule has 4 heteroatoms. The fourth-order valence-corrected chi connectivity index (χ4v) is 10.1. The Kier molecular flexibility index (Phi) is 24.0. The van der Waals surface area contributed by atoms with Gasteiger partial charge in [-0.2, -0.15) is 12.1 Å². The van der Waals surface area contributed by atoms with Crippen LogP contribution in [0.3, 0.4) is 0 Å². The number of aryl methyl sites for hydroxylation is 2. The third-order valence-electron chi connectivity index (χ3n) is 14.8. The number of rotatable bonds is 14. The minimum absolute atomic E-state index is 0.170. The van der Waals surface area contributed by atoms with E-state index in [4.69, 9.17) is 17.0 Å². The Morgan fingerprint density at radius 3 is 0.842 bits per heavy atom. The van der Waals surface area contributed by atoms with Crippen molar-refractivity contribution in [3.63, 3.8) is 0 Å². The Hall–Kier alpha value is -3.78. The summed E-state index contributed by atoms with van der Waals surface area (Å²) in [5.74, 6) is 0. The fourth-order valence-electron chi connectivity index (χ4n) is 10.1. The van der Waals surface area contributed by atoms with Crippen molar-refractivity contribution < 1.29 is 20.8 Å². The van der Waals surface area contributed by atoms with Crippen LogP contribution in [0.5, 0.6) is 0 Å². The summed E-state index contributed by atoms with van der Waals surface area (Å²) in [4.78, 5) is 0. The molecule has 0 aliphatic carbocycles. The van der Waals surface area contributed by atoms with Crippen LogP contribution in [0.1, 0.15) is 182 Å². The van der Waals surface area contributed by atoms with Crippen LogP contribution >= 0.6 is 17.0 Å². The summed E-state index contributed by atoms with van der Waals surface area (Å²) in [6.45, 7) is 36.2. The van der Waals surface area contributed by atoms with Gasteiger partial charge in [-0.1, -0.05) is 316 Å². The van der Waals surface area contributed by atoms with Crippen molar-refractivity contribution in [3.05, 3.63) is 179 Å². The molecular formula is C72H92Cl2SiZr. The molecule has 0 fully saturated rings. The van der Waals surface area contributed by atoms with Gasteiger partial charge in [0.25, 0.3) is 0 Å².